The van der Waals surface area contributed by atoms with Gasteiger partial charge in [-0.1, -0.05) is 19.9 Å². The van der Waals surface area contributed by atoms with E-state index in [9.17, 15) is 9.59 Å². The van der Waals surface area contributed by atoms with Gasteiger partial charge in [0.2, 0.25) is 11.8 Å². The number of rotatable bonds is 7. The van der Waals surface area contributed by atoms with Crippen molar-refractivity contribution in [3.63, 3.8) is 0 Å². The summed E-state index contributed by atoms with van der Waals surface area (Å²) in [5, 5.41) is 2.75. The summed E-state index contributed by atoms with van der Waals surface area (Å²) in [4.78, 5) is 25.6. The molecular weight excluding hydrogens is 308 g/mol. The fraction of sp³-hybridized carbons (Fsp3) is 0.556. The monoisotopic (exact) mass is 334 g/mol. The zero-order valence-corrected chi connectivity index (χ0v) is 14.7. The van der Waals surface area contributed by atoms with E-state index in [2.05, 4.69) is 5.32 Å². The van der Waals surface area contributed by atoms with Gasteiger partial charge < -0.3 is 19.7 Å². The second-order valence-corrected chi connectivity index (χ2v) is 6.54. The maximum Gasteiger partial charge on any atom is 0.245 e. The van der Waals surface area contributed by atoms with Crippen LogP contribution in [-0.2, 0) is 9.59 Å². The van der Waals surface area contributed by atoms with Gasteiger partial charge in [-0.15, -0.1) is 0 Å². The molecule has 1 heterocycles. The molecule has 0 aliphatic carbocycles. The third-order valence-electron chi connectivity index (χ3n) is 3.89. The van der Waals surface area contributed by atoms with Gasteiger partial charge in [-0.3, -0.25) is 9.59 Å². The third kappa shape index (κ3) is 4.88. The number of methoxy groups -OCH3 is 1. The molecule has 6 heteroatoms. The van der Waals surface area contributed by atoms with Gasteiger partial charge >= 0.3 is 0 Å². The number of hydrogen-bond acceptors (Lipinski definition) is 4. The number of amides is 2. The lowest BCUT2D eigenvalue weighted by atomic mass is 10.0. The molecule has 0 bridgehead atoms. The molecular formula is C18H26N2O4. The number of carbonyl (C=O) groups is 2. The number of ether oxygens (including phenoxy) is 2. The maximum atomic E-state index is 12.5. The highest BCUT2D eigenvalue weighted by molar-refractivity contribution is 5.87. The van der Waals surface area contributed by atoms with E-state index >= 15 is 0 Å². The minimum atomic E-state index is -0.458. The average Bonchev–Trinajstić information content (AvgIpc) is 2.48. The van der Waals surface area contributed by atoms with Crippen molar-refractivity contribution in [2.24, 2.45) is 5.92 Å². The predicted octanol–water partition coefficient (Wildman–Crippen LogP) is 1.84. The van der Waals surface area contributed by atoms with Crippen LogP contribution in [0.3, 0.4) is 0 Å². The molecule has 1 atom stereocenters. The number of hydrogen-bond donors (Lipinski definition) is 1. The van der Waals surface area contributed by atoms with E-state index in [1.165, 1.54) is 6.92 Å². The van der Waals surface area contributed by atoms with E-state index in [1.807, 2.05) is 38.1 Å². The van der Waals surface area contributed by atoms with Gasteiger partial charge in [0, 0.05) is 13.0 Å². The summed E-state index contributed by atoms with van der Waals surface area (Å²) >= 11 is 0. The van der Waals surface area contributed by atoms with Crippen LogP contribution in [0.1, 0.15) is 27.2 Å². The van der Waals surface area contributed by atoms with E-state index in [4.69, 9.17) is 9.47 Å². The first-order chi connectivity index (χ1) is 11.4. The van der Waals surface area contributed by atoms with E-state index in [1.54, 1.807) is 12.0 Å². The maximum absolute atomic E-state index is 12.5. The van der Waals surface area contributed by atoms with Crippen molar-refractivity contribution in [1.82, 2.24) is 10.2 Å². The van der Waals surface area contributed by atoms with E-state index in [0.29, 0.717) is 25.4 Å². The van der Waals surface area contributed by atoms with Crippen molar-refractivity contribution < 1.29 is 19.1 Å². The molecule has 1 N–H and O–H groups in total. The highest BCUT2D eigenvalue weighted by Crippen LogP contribution is 2.23. The Hall–Kier alpha value is -2.24. The summed E-state index contributed by atoms with van der Waals surface area (Å²) in [6, 6.07) is 6.95. The Morgan fingerprint density at radius 2 is 1.96 bits per heavy atom. The van der Waals surface area contributed by atoms with Crippen LogP contribution in [0.15, 0.2) is 24.3 Å². The number of benzene rings is 1. The largest absolute Gasteiger partial charge is 0.497 e. The quantitative estimate of drug-likeness (QED) is 0.826. The predicted molar refractivity (Wildman–Crippen MR) is 91.0 cm³/mol. The highest BCUT2D eigenvalue weighted by atomic mass is 16.5. The molecule has 0 aromatic heterocycles. The Labute approximate surface area is 143 Å². The third-order valence-corrected chi connectivity index (χ3v) is 3.89. The summed E-state index contributed by atoms with van der Waals surface area (Å²) in [6.07, 6.45) is 0.606. The zero-order valence-electron chi connectivity index (χ0n) is 14.7. The summed E-state index contributed by atoms with van der Waals surface area (Å²) < 4.78 is 11.0. The highest BCUT2D eigenvalue weighted by Gasteiger charge is 2.36. The first-order valence-corrected chi connectivity index (χ1v) is 8.25. The molecule has 1 fully saturated rings. The Bertz CT molecular complexity index is 582. The minimum Gasteiger partial charge on any atom is -0.497 e. The topological polar surface area (TPSA) is 67.9 Å². The molecule has 2 amide bonds. The van der Waals surface area contributed by atoms with Crippen molar-refractivity contribution in [2.75, 3.05) is 20.2 Å². The van der Waals surface area contributed by atoms with E-state index in [-0.39, 0.29) is 17.9 Å². The van der Waals surface area contributed by atoms with Crippen LogP contribution in [0.25, 0.3) is 0 Å². The zero-order chi connectivity index (χ0) is 17.7. The lowest BCUT2D eigenvalue weighted by Crippen LogP contribution is -2.61. The summed E-state index contributed by atoms with van der Waals surface area (Å²) in [6.45, 7) is 6.57. The van der Waals surface area contributed by atoms with Crippen LogP contribution in [0.2, 0.25) is 0 Å². The lowest BCUT2D eigenvalue weighted by molar-refractivity contribution is -0.144. The first kappa shape index (κ1) is 18.1. The molecule has 0 radical (unpaired) electrons. The van der Waals surface area contributed by atoms with Crippen molar-refractivity contribution in [3.8, 4) is 11.5 Å². The van der Waals surface area contributed by atoms with Gasteiger partial charge in [-0.25, -0.2) is 0 Å². The molecule has 0 saturated carbocycles. The normalized spacial score (nSPS) is 15.6. The first-order valence-electron chi connectivity index (χ1n) is 8.25. The van der Waals surface area contributed by atoms with Crippen LogP contribution < -0.4 is 14.8 Å². The molecule has 132 valence electrons. The molecule has 1 saturated heterocycles. The Kier molecular flexibility index (Phi) is 6.06. The minimum absolute atomic E-state index is 0.0296. The lowest BCUT2D eigenvalue weighted by Gasteiger charge is -2.41. The van der Waals surface area contributed by atoms with Crippen LogP contribution >= 0.6 is 0 Å². The fourth-order valence-corrected chi connectivity index (χ4v) is 2.72. The molecule has 6 nitrogen and oxygen atoms in total. The van der Waals surface area contributed by atoms with Crippen molar-refractivity contribution in [1.29, 1.82) is 0 Å². The van der Waals surface area contributed by atoms with Gasteiger partial charge in [-0.05, 0) is 24.5 Å². The van der Waals surface area contributed by atoms with E-state index < -0.39 is 6.04 Å². The molecule has 2 rings (SSSR count). The van der Waals surface area contributed by atoms with Crippen molar-refractivity contribution in [3.05, 3.63) is 24.3 Å². The van der Waals surface area contributed by atoms with Crippen molar-refractivity contribution in [2.45, 2.75) is 39.3 Å². The number of carbonyl (C=O) groups excluding carboxylic acids is 2. The molecule has 24 heavy (non-hydrogen) atoms. The van der Waals surface area contributed by atoms with Crippen LogP contribution in [-0.4, -0.2) is 49.1 Å². The van der Waals surface area contributed by atoms with Gasteiger partial charge in [-0.2, -0.15) is 0 Å². The summed E-state index contributed by atoms with van der Waals surface area (Å²) in [5.74, 6) is 1.58. The summed E-state index contributed by atoms with van der Waals surface area (Å²) in [7, 11) is 1.61. The second-order valence-electron chi connectivity index (χ2n) is 6.54. The second kappa shape index (κ2) is 8.04. The molecule has 1 aliphatic heterocycles. The Morgan fingerprint density at radius 3 is 2.54 bits per heavy atom. The number of likely N-dealkylation sites (tertiary alicyclic amines) is 1. The molecule has 0 spiro atoms. The van der Waals surface area contributed by atoms with Gasteiger partial charge in [0.25, 0.3) is 0 Å². The Balaban J connectivity index is 1.87. The van der Waals surface area contributed by atoms with Gasteiger partial charge in [0.05, 0.1) is 20.2 Å². The Morgan fingerprint density at radius 1 is 1.29 bits per heavy atom. The molecule has 1 aromatic carbocycles. The van der Waals surface area contributed by atoms with Gasteiger partial charge in [0.1, 0.15) is 23.6 Å². The number of nitrogens with zero attached hydrogens (tertiary/aromatic N) is 1. The average molecular weight is 334 g/mol. The molecule has 1 aliphatic rings. The van der Waals surface area contributed by atoms with Crippen LogP contribution in [0, 0.1) is 5.92 Å². The molecule has 1 aromatic rings. The van der Waals surface area contributed by atoms with Crippen LogP contribution in [0.5, 0.6) is 11.5 Å². The van der Waals surface area contributed by atoms with Gasteiger partial charge in [0.15, 0.2) is 0 Å². The number of nitrogens with one attached hydrogen (secondary N) is 1. The van der Waals surface area contributed by atoms with Crippen LogP contribution in [0.4, 0.5) is 0 Å². The SMILES string of the molecule is COc1cccc(OC2CN(C(=O)[C@H](CC(C)C)NC(C)=O)C2)c1. The smallest absolute Gasteiger partial charge is 0.245 e. The molecule has 0 unspecified atom stereocenters. The summed E-state index contributed by atoms with van der Waals surface area (Å²) in [5.41, 5.74) is 0. The van der Waals surface area contributed by atoms with E-state index in [0.717, 1.165) is 11.5 Å². The standard InChI is InChI=1S/C18H26N2O4/c1-12(2)8-17(19-13(3)21)18(22)20-10-16(11-20)24-15-7-5-6-14(9-15)23-4/h5-7,9,12,16-17H,8,10-11H2,1-4H3,(H,19,21)/t17-/m0/s1. The van der Waals surface area contributed by atoms with Crippen molar-refractivity contribution >= 4 is 11.8 Å². The fourth-order valence-electron chi connectivity index (χ4n) is 2.72.